The first-order valence-corrected chi connectivity index (χ1v) is 11.4. The summed E-state index contributed by atoms with van der Waals surface area (Å²) in [6, 6.07) is 13.2. The van der Waals surface area contributed by atoms with Crippen LogP contribution in [-0.2, 0) is 4.79 Å². The largest absolute Gasteiger partial charge is 0.349 e. The van der Waals surface area contributed by atoms with Crippen LogP contribution in [0.1, 0.15) is 42.5 Å². The van der Waals surface area contributed by atoms with Gasteiger partial charge in [0.2, 0.25) is 5.91 Å². The van der Waals surface area contributed by atoms with Crippen molar-refractivity contribution in [3.8, 4) is 11.3 Å². The molecule has 1 spiro atoms. The van der Waals surface area contributed by atoms with E-state index < -0.39 is 11.2 Å². The predicted octanol–water partition coefficient (Wildman–Crippen LogP) is 4.52. The molecule has 1 aliphatic carbocycles. The van der Waals surface area contributed by atoms with Crippen LogP contribution in [0, 0.1) is 17.0 Å². The number of amides is 2. The minimum atomic E-state index is -0.556. The molecule has 2 aromatic carbocycles. The second kappa shape index (κ2) is 8.93. The van der Waals surface area contributed by atoms with Crippen molar-refractivity contribution in [3.63, 3.8) is 0 Å². The fourth-order valence-corrected chi connectivity index (χ4v) is 5.12. The van der Waals surface area contributed by atoms with E-state index in [1.54, 1.807) is 29.2 Å². The lowest BCUT2D eigenvalue weighted by Gasteiger charge is -2.36. The van der Waals surface area contributed by atoms with E-state index in [1.807, 2.05) is 0 Å². The monoisotopic (exact) mass is 462 g/mol. The van der Waals surface area contributed by atoms with E-state index in [9.17, 15) is 18.4 Å². The molecule has 2 atom stereocenters. The zero-order valence-corrected chi connectivity index (χ0v) is 18.5. The van der Waals surface area contributed by atoms with Crippen molar-refractivity contribution in [2.24, 2.45) is 5.41 Å². The third-order valence-electron chi connectivity index (χ3n) is 6.85. The van der Waals surface area contributed by atoms with Gasteiger partial charge in [0.25, 0.3) is 5.91 Å². The Bertz CT molecular complexity index is 1230. The van der Waals surface area contributed by atoms with Gasteiger partial charge >= 0.3 is 0 Å². The van der Waals surface area contributed by atoms with Crippen molar-refractivity contribution in [2.45, 2.75) is 38.1 Å². The molecule has 1 saturated heterocycles. The van der Waals surface area contributed by atoms with E-state index in [4.69, 9.17) is 0 Å². The van der Waals surface area contributed by atoms with E-state index in [1.165, 1.54) is 36.7 Å². The summed E-state index contributed by atoms with van der Waals surface area (Å²) in [5, 5.41) is 2.99. The van der Waals surface area contributed by atoms with Gasteiger partial charge in [0.05, 0.1) is 11.1 Å². The molecular weight excluding hydrogens is 438 g/mol. The highest BCUT2D eigenvalue weighted by atomic mass is 19.1. The molecule has 0 unspecified atom stereocenters. The minimum absolute atomic E-state index is 0.000889. The average molecular weight is 463 g/mol. The van der Waals surface area contributed by atoms with Crippen LogP contribution in [0.5, 0.6) is 0 Å². The summed E-state index contributed by atoms with van der Waals surface area (Å²) in [5.74, 6) is -0.600. The van der Waals surface area contributed by atoms with Crippen LogP contribution >= 0.6 is 0 Å². The topological polar surface area (TPSA) is 75.2 Å². The number of hydrogen-bond donors (Lipinski definition) is 1. The molecule has 2 heterocycles. The molecule has 0 bridgehead atoms. The number of halogens is 2. The molecule has 2 fully saturated rings. The van der Waals surface area contributed by atoms with Crippen molar-refractivity contribution < 1.29 is 18.4 Å². The summed E-state index contributed by atoms with van der Waals surface area (Å²) in [6.45, 7) is 0.531. The highest BCUT2D eigenvalue weighted by Crippen LogP contribution is 2.46. The maximum Gasteiger partial charge on any atom is 0.251 e. The molecule has 8 heteroatoms. The van der Waals surface area contributed by atoms with E-state index >= 15 is 0 Å². The molecule has 1 saturated carbocycles. The molecule has 1 N–H and O–H groups in total. The molecule has 2 amide bonds. The van der Waals surface area contributed by atoms with Gasteiger partial charge in [0.15, 0.2) is 0 Å². The van der Waals surface area contributed by atoms with Crippen LogP contribution < -0.4 is 10.2 Å². The van der Waals surface area contributed by atoms with Gasteiger partial charge in [-0.3, -0.25) is 14.5 Å². The summed E-state index contributed by atoms with van der Waals surface area (Å²) in [5.41, 5.74) is 1.07. The minimum Gasteiger partial charge on any atom is -0.349 e. The zero-order chi connectivity index (χ0) is 23.7. The molecule has 0 radical (unpaired) electrons. The molecule has 3 aromatic rings. The Kier molecular flexibility index (Phi) is 5.81. The van der Waals surface area contributed by atoms with Crippen LogP contribution in [0.2, 0.25) is 0 Å². The molecular formula is C26H24F2N4O2. The van der Waals surface area contributed by atoms with Gasteiger partial charge in [-0.25, -0.2) is 18.7 Å². The van der Waals surface area contributed by atoms with Gasteiger partial charge in [0, 0.05) is 29.8 Å². The fraction of sp³-hybridized carbons (Fsp3) is 0.308. The first-order chi connectivity index (χ1) is 16.4. The lowest BCUT2D eigenvalue weighted by molar-refractivity contribution is -0.127. The number of aromatic nitrogens is 2. The van der Waals surface area contributed by atoms with Crippen LogP contribution in [0.25, 0.3) is 11.3 Å². The van der Waals surface area contributed by atoms with Crippen LogP contribution in [-0.4, -0.2) is 34.4 Å². The SMILES string of the molecule is O=C(N[C@H]1CCC[C@]2(CCN(c3cc(-c4ccc(F)cc4)ncn3)C2=O)C1)c1cccc(F)c1. The van der Waals surface area contributed by atoms with Crippen molar-refractivity contribution in [2.75, 3.05) is 11.4 Å². The number of carbonyl (C=O) groups excluding carboxylic acids is 2. The number of anilines is 1. The molecule has 34 heavy (non-hydrogen) atoms. The summed E-state index contributed by atoms with van der Waals surface area (Å²) in [4.78, 5) is 36.5. The second-order valence-corrected chi connectivity index (χ2v) is 9.03. The normalized spacial score (nSPS) is 22.2. The highest BCUT2D eigenvalue weighted by molar-refractivity contribution is 6.00. The quantitative estimate of drug-likeness (QED) is 0.619. The summed E-state index contributed by atoms with van der Waals surface area (Å²) in [6.07, 6.45) is 4.98. The molecule has 6 nitrogen and oxygen atoms in total. The van der Waals surface area contributed by atoms with Crippen LogP contribution in [0.4, 0.5) is 14.6 Å². The molecule has 174 valence electrons. The van der Waals surface area contributed by atoms with Gasteiger partial charge in [-0.05, 0) is 68.1 Å². The zero-order valence-electron chi connectivity index (χ0n) is 18.5. The van der Waals surface area contributed by atoms with E-state index in [2.05, 4.69) is 15.3 Å². The van der Waals surface area contributed by atoms with Crippen LogP contribution in [0.3, 0.4) is 0 Å². The highest BCUT2D eigenvalue weighted by Gasteiger charge is 2.50. The third kappa shape index (κ3) is 4.27. The Morgan fingerprint density at radius 3 is 2.65 bits per heavy atom. The van der Waals surface area contributed by atoms with Gasteiger partial charge in [0.1, 0.15) is 23.8 Å². The molecule has 1 aromatic heterocycles. The second-order valence-electron chi connectivity index (χ2n) is 9.03. The van der Waals surface area contributed by atoms with Gasteiger partial charge in [-0.2, -0.15) is 0 Å². The Hall–Kier alpha value is -3.68. The van der Waals surface area contributed by atoms with E-state index in [-0.39, 0.29) is 29.2 Å². The van der Waals surface area contributed by atoms with Crippen molar-refractivity contribution in [1.82, 2.24) is 15.3 Å². The lowest BCUT2D eigenvalue weighted by Crippen LogP contribution is -2.46. The Balaban J connectivity index is 1.31. The number of benzene rings is 2. The molecule has 5 rings (SSSR count). The van der Waals surface area contributed by atoms with Gasteiger partial charge in [-0.15, -0.1) is 0 Å². The standard InChI is InChI=1S/C26H24F2N4O2/c27-19-8-6-17(7-9-19)22-14-23(30-16-29-22)32-12-11-26(25(32)34)10-2-5-21(15-26)31-24(33)18-3-1-4-20(28)13-18/h1,3-4,6-9,13-14,16,21H,2,5,10-12,15H2,(H,31,33)/t21-,26-/m0/s1. The van der Waals surface area contributed by atoms with Crippen molar-refractivity contribution in [3.05, 3.63) is 78.1 Å². The maximum atomic E-state index is 13.6. The summed E-state index contributed by atoms with van der Waals surface area (Å²) < 4.78 is 26.8. The van der Waals surface area contributed by atoms with Gasteiger partial charge in [-0.1, -0.05) is 12.5 Å². The summed E-state index contributed by atoms with van der Waals surface area (Å²) in [7, 11) is 0. The smallest absolute Gasteiger partial charge is 0.251 e. The number of rotatable bonds is 4. The number of carbonyl (C=O) groups is 2. The first kappa shape index (κ1) is 22.1. The number of nitrogens with one attached hydrogen (secondary N) is 1. The number of nitrogens with zero attached hydrogens (tertiary/aromatic N) is 3. The molecule has 2 aliphatic rings. The van der Waals surface area contributed by atoms with Crippen molar-refractivity contribution in [1.29, 1.82) is 0 Å². The average Bonchev–Trinajstić information content (AvgIpc) is 3.14. The lowest BCUT2D eigenvalue weighted by atomic mass is 9.71. The van der Waals surface area contributed by atoms with E-state index in [0.29, 0.717) is 30.9 Å². The number of hydrogen-bond acceptors (Lipinski definition) is 4. The first-order valence-electron chi connectivity index (χ1n) is 11.4. The fourth-order valence-electron chi connectivity index (χ4n) is 5.12. The maximum absolute atomic E-state index is 13.6. The van der Waals surface area contributed by atoms with E-state index in [0.717, 1.165) is 24.8 Å². The van der Waals surface area contributed by atoms with Gasteiger partial charge < -0.3 is 5.32 Å². The predicted molar refractivity (Wildman–Crippen MR) is 123 cm³/mol. The summed E-state index contributed by atoms with van der Waals surface area (Å²) >= 11 is 0. The van der Waals surface area contributed by atoms with Crippen molar-refractivity contribution >= 4 is 17.6 Å². The Labute approximate surface area is 196 Å². The Morgan fingerprint density at radius 2 is 1.85 bits per heavy atom. The third-order valence-corrected chi connectivity index (χ3v) is 6.85. The Morgan fingerprint density at radius 1 is 1.03 bits per heavy atom. The molecule has 1 aliphatic heterocycles. The van der Waals surface area contributed by atoms with Crippen LogP contribution in [0.15, 0.2) is 60.9 Å².